The molecule has 0 aliphatic carbocycles. The van der Waals surface area contributed by atoms with Crippen molar-refractivity contribution in [2.75, 3.05) is 18.5 Å². The van der Waals surface area contributed by atoms with E-state index in [9.17, 15) is 9.59 Å². The van der Waals surface area contributed by atoms with Gasteiger partial charge in [-0.25, -0.2) is 4.98 Å². The molecular formula is C27H35N5O3. The van der Waals surface area contributed by atoms with Crippen molar-refractivity contribution in [3.63, 3.8) is 0 Å². The number of carbonyl (C=O) groups excluding carboxylic acids is 2. The number of hydrogen-bond donors (Lipinski definition) is 2. The number of nitrogens with two attached hydrogens (primary N) is 1. The molecule has 8 heteroatoms. The maximum atomic E-state index is 13.1. The maximum absolute atomic E-state index is 13.1. The van der Waals surface area contributed by atoms with Crippen LogP contribution in [0.25, 0.3) is 0 Å². The van der Waals surface area contributed by atoms with Crippen molar-refractivity contribution in [1.82, 2.24) is 14.5 Å². The summed E-state index contributed by atoms with van der Waals surface area (Å²) in [6, 6.07) is 19.6. The summed E-state index contributed by atoms with van der Waals surface area (Å²) in [5, 5.41) is 2.51. The van der Waals surface area contributed by atoms with Crippen LogP contribution in [0.5, 0.6) is 0 Å². The smallest absolute Gasteiger partial charge is 0.250 e. The van der Waals surface area contributed by atoms with E-state index >= 15 is 0 Å². The number of ether oxygens (including phenoxy) is 1. The van der Waals surface area contributed by atoms with E-state index in [0.29, 0.717) is 25.4 Å². The number of amides is 2. The lowest BCUT2D eigenvalue weighted by Gasteiger charge is -2.27. The SMILES string of the molecule is C[C@@H]1CCCN1C(=O)C(c1ccccc1)n1cnc(NC=O)c1.C[C@H](N)COCc1ccccc1. The molecular weight excluding hydrogens is 442 g/mol. The van der Waals surface area contributed by atoms with Gasteiger partial charge in [0.15, 0.2) is 5.82 Å². The van der Waals surface area contributed by atoms with Crippen molar-refractivity contribution in [3.8, 4) is 0 Å². The van der Waals surface area contributed by atoms with Gasteiger partial charge in [0.1, 0.15) is 6.04 Å². The number of nitrogens with zero attached hydrogens (tertiary/aromatic N) is 3. The van der Waals surface area contributed by atoms with Crippen LogP contribution < -0.4 is 11.1 Å². The average Bonchev–Trinajstić information content (AvgIpc) is 3.50. The summed E-state index contributed by atoms with van der Waals surface area (Å²) in [7, 11) is 0. The Hall–Kier alpha value is -3.49. The second-order valence-corrected chi connectivity index (χ2v) is 8.78. The number of hydrogen-bond acceptors (Lipinski definition) is 5. The van der Waals surface area contributed by atoms with Gasteiger partial charge in [0.2, 0.25) is 6.41 Å². The molecule has 1 aliphatic rings. The highest BCUT2D eigenvalue weighted by molar-refractivity contribution is 5.84. The van der Waals surface area contributed by atoms with Crippen LogP contribution in [0.15, 0.2) is 73.2 Å². The Morgan fingerprint density at radius 3 is 2.49 bits per heavy atom. The van der Waals surface area contributed by atoms with E-state index in [4.69, 9.17) is 10.5 Å². The fourth-order valence-electron chi connectivity index (χ4n) is 4.05. The second-order valence-electron chi connectivity index (χ2n) is 8.78. The van der Waals surface area contributed by atoms with Crippen LogP contribution in [0.2, 0.25) is 0 Å². The summed E-state index contributed by atoms with van der Waals surface area (Å²) < 4.78 is 7.11. The van der Waals surface area contributed by atoms with E-state index in [0.717, 1.165) is 24.9 Å². The Morgan fingerprint density at radius 1 is 1.20 bits per heavy atom. The molecule has 4 rings (SSSR count). The van der Waals surface area contributed by atoms with Crippen LogP contribution in [0.4, 0.5) is 5.82 Å². The molecule has 0 saturated carbocycles. The molecule has 0 radical (unpaired) electrons. The van der Waals surface area contributed by atoms with Gasteiger partial charge >= 0.3 is 0 Å². The zero-order valence-corrected chi connectivity index (χ0v) is 20.4. The molecule has 2 aromatic carbocycles. The molecule has 35 heavy (non-hydrogen) atoms. The third-order valence-corrected chi connectivity index (χ3v) is 5.78. The van der Waals surface area contributed by atoms with Crippen LogP contribution in [0.3, 0.4) is 0 Å². The quantitative estimate of drug-likeness (QED) is 0.459. The van der Waals surface area contributed by atoms with Crippen LogP contribution in [0.1, 0.15) is 43.9 Å². The number of benzene rings is 2. The number of rotatable bonds is 9. The van der Waals surface area contributed by atoms with E-state index in [-0.39, 0.29) is 18.0 Å². The standard InChI is InChI=1S/C17H20N4O2.C10H15NO/c1-13-6-5-9-21(13)17(23)16(14-7-3-2-4-8-14)20-10-15(18-11-20)19-12-22;1-9(11)7-12-8-10-5-3-2-4-6-10/h2-4,7-8,10-13,16H,5-6,9H2,1H3,(H,19,22);2-6,9H,7-8,11H2,1H3/t13-,16?;9-/m10/s1. The van der Waals surface area contributed by atoms with Gasteiger partial charge in [-0.3, -0.25) is 9.59 Å². The summed E-state index contributed by atoms with van der Waals surface area (Å²) in [6.45, 7) is 6.08. The van der Waals surface area contributed by atoms with Crippen LogP contribution in [-0.2, 0) is 20.9 Å². The first kappa shape index (κ1) is 26.1. The van der Waals surface area contributed by atoms with Crippen molar-refractivity contribution >= 4 is 18.1 Å². The van der Waals surface area contributed by atoms with Gasteiger partial charge in [0.05, 0.1) is 19.5 Å². The summed E-state index contributed by atoms with van der Waals surface area (Å²) in [4.78, 5) is 29.8. The molecule has 3 aromatic rings. The zero-order chi connectivity index (χ0) is 25.0. The van der Waals surface area contributed by atoms with Gasteiger partial charge in [0.25, 0.3) is 5.91 Å². The summed E-state index contributed by atoms with van der Waals surface area (Å²) >= 11 is 0. The van der Waals surface area contributed by atoms with Crippen molar-refractivity contribution < 1.29 is 14.3 Å². The van der Waals surface area contributed by atoms with Crippen molar-refractivity contribution in [3.05, 3.63) is 84.3 Å². The molecule has 2 heterocycles. The van der Waals surface area contributed by atoms with Gasteiger partial charge < -0.3 is 25.3 Å². The van der Waals surface area contributed by atoms with Gasteiger partial charge in [-0.05, 0) is 37.8 Å². The number of nitrogens with one attached hydrogen (secondary N) is 1. The monoisotopic (exact) mass is 477 g/mol. The van der Waals surface area contributed by atoms with E-state index in [1.165, 1.54) is 5.56 Å². The number of carbonyl (C=O) groups is 2. The molecule has 1 fully saturated rings. The minimum absolute atomic E-state index is 0.0660. The molecule has 0 bridgehead atoms. The highest BCUT2D eigenvalue weighted by Crippen LogP contribution is 2.26. The minimum atomic E-state index is -0.466. The lowest BCUT2D eigenvalue weighted by atomic mass is 10.0. The summed E-state index contributed by atoms with van der Waals surface area (Å²) in [6.07, 6.45) is 5.92. The zero-order valence-electron chi connectivity index (χ0n) is 20.4. The van der Waals surface area contributed by atoms with E-state index in [2.05, 4.69) is 17.2 Å². The fourth-order valence-corrected chi connectivity index (χ4v) is 4.05. The van der Waals surface area contributed by atoms with Crippen molar-refractivity contribution in [2.24, 2.45) is 5.73 Å². The Bertz CT molecular complexity index is 1040. The molecule has 1 aliphatic heterocycles. The topological polar surface area (TPSA) is 102 Å². The lowest BCUT2D eigenvalue weighted by molar-refractivity contribution is -0.134. The molecule has 8 nitrogen and oxygen atoms in total. The molecule has 2 amide bonds. The van der Waals surface area contributed by atoms with E-state index < -0.39 is 6.04 Å². The first-order chi connectivity index (χ1) is 17.0. The largest absolute Gasteiger partial charge is 0.375 e. The fraction of sp³-hybridized carbons (Fsp3) is 0.370. The first-order valence-corrected chi connectivity index (χ1v) is 12.0. The normalized spacial score (nSPS) is 16.7. The Labute approximate surface area is 207 Å². The third-order valence-electron chi connectivity index (χ3n) is 5.78. The van der Waals surface area contributed by atoms with Gasteiger partial charge in [0, 0.05) is 24.8 Å². The highest BCUT2D eigenvalue weighted by Gasteiger charge is 2.32. The predicted octanol–water partition coefficient (Wildman–Crippen LogP) is 3.60. The molecule has 0 spiro atoms. The predicted molar refractivity (Wildman–Crippen MR) is 137 cm³/mol. The average molecular weight is 478 g/mol. The highest BCUT2D eigenvalue weighted by atomic mass is 16.5. The second kappa shape index (κ2) is 13.4. The van der Waals surface area contributed by atoms with Crippen LogP contribution in [0, 0.1) is 0 Å². The van der Waals surface area contributed by atoms with Crippen molar-refractivity contribution in [2.45, 2.75) is 51.4 Å². The van der Waals surface area contributed by atoms with Crippen molar-refractivity contribution in [1.29, 1.82) is 0 Å². The Morgan fingerprint density at radius 2 is 1.89 bits per heavy atom. The van der Waals surface area contributed by atoms with E-state index in [1.807, 2.05) is 72.5 Å². The third kappa shape index (κ3) is 7.77. The Balaban J connectivity index is 0.000000241. The molecule has 1 saturated heterocycles. The van der Waals surface area contributed by atoms with Gasteiger partial charge in [-0.2, -0.15) is 0 Å². The number of imidazole rings is 1. The summed E-state index contributed by atoms with van der Waals surface area (Å²) in [5.41, 5.74) is 7.63. The summed E-state index contributed by atoms with van der Waals surface area (Å²) in [5.74, 6) is 0.499. The van der Waals surface area contributed by atoms with Crippen LogP contribution >= 0.6 is 0 Å². The number of aromatic nitrogens is 2. The minimum Gasteiger partial charge on any atom is -0.375 e. The molecule has 1 aromatic heterocycles. The molecule has 3 atom stereocenters. The molecule has 3 N–H and O–H groups in total. The number of anilines is 1. The molecule has 186 valence electrons. The first-order valence-electron chi connectivity index (χ1n) is 12.0. The maximum Gasteiger partial charge on any atom is 0.250 e. The van der Waals surface area contributed by atoms with Crippen LogP contribution in [-0.4, -0.2) is 52.0 Å². The van der Waals surface area contributed by atoms with Gasteiger partial charge in [-0.15, -0.1) is 0 Å². The molecule has 1 unspecified atom stereocenters. The Kier molecular flexibility index (Phi) is 10.0. The lowest BCUT2D eigenvalue weighted by Crippen LogP contribution is -2.39. The number of likely N-dealkylation sites (tertiary alicyclic amines) is 1. The van der Waals surface area contributed by atoms with Gasteiger partial charge in [-0.1, -0.05) is 60.7 Å². The van der Waals surface area contributed by atoms with E-state index in [1.54, 1.807) is 17.1 Å².